The number of nitrogen functional groups attached to an aromatic ring is 1. The second kappa shape index (κ2) is 9.17. The molecule has 2 aromatic rings. The molecule has 0 saturated heterocycles. The first-order valence-electron chi connectivity index (χ1n) is 8.00. The van der Waals surface area contributed by atoms with Crippen molar-refractivity contribution in [2.45, 2.75) is 19.8 Å². The van der Waals surface area contributed by atoms with Crippen LogP contribution in [0, 0.1) is 0 Å². The molecule has 0 unspecified atom stereocenters. The van der Waals surface area contributed by atoms with Crippen LogP contribution >= 0.6 is 0 Å². The normalized spacial score (nSPS) is 10.6. The van der Waals surface area contributed by atoms with E-state index in [4.69, 9.17) is 5.73 Å². The molecule has 7 nitrogen and oxygen atoms in total. The molecule has 0 spiro atoms. The summed E-state index contributed by atoms with van der Waals surface area (Å²) in [5, 5.41) is 13.5. The topological polar surface area (TPSA) is 109 Å². The summed E-state index contributed by atoms with van der Waals surface area (Å²) < 4.78 is 0. The number of hydrogen-bond donors (Lipinski definition) is 3. The highest BCUT2D eigenvalue weighted by Crippen LogP contribution is 2.20. The molecule has 0 aromatic heterocycles. The Morgan fingerprint density at radius 2 is 1.48 bits per heavy atom. The van der Waals surface area contributed by atoms with Crippen LogP contribution in [-0.2, 0) is 9.59 Å². The number of azo groups is 1. The summed E-state index contributed by atoms with van der Waals surface area (Å²) >= 11 is 0. The Morgan fingerprint density at radius 3 is 2.04 bits per heavy atom. The van der Waals surface area contributed by atoms with Gasteiger partial charge in [0.1, 0.15) is 0 Å². The first-order chi connectivity index (χ1) is 12.1. The largest absolute Gasteiger partial charge is 0.399 e. The van der Waals surface area contributed by atoms with E-state index in [-0.39, 0.29) is 18.4 Å². The van der Waals surface area contributed by atoms with E-state index in [9.17, 15) is 9.59 Å². The lowest BCUT2D eigenvalue weighted by atomic mass is 10.3. The standard InChI is InChI=1S/C18H21N5O2/c1-2-3-17(24)20-12-18(25)21-14-8-10-16(11-9-14)23-22-15-6-4-13(19)5-7-15/h4-11H,2-3,12,19H2,1H3,(H,20,24)(H,21,25). The molecule has 25 heavy (non-hydrogen) atoms. The van der Waals surface area contributed by atoms with Crippen molar-refractivity contribution in [2.75, 3.05) is 17.6 Å². The van der Waals surface area contributed by atoms with E-state index in [0.29, 0.717) is 29.2 Å². The zero-order valence-corrected chi connectivity index (χ0v) is 14.0. The summed E-state index contributed by atoms with van der Waals surface area (Å²) in [6.45, 7) is 1.86. The first-order valence-corrected chi connectivity index (χ1v) is 8.00. The summed E-state index contributed by atoms with van der Waals surface area (Å²) in [5.41, 5.74) is 8.27. The number of rotatable bonds is 7. The van der Waals surface area contributed by atoms with Crippen molar-refractivity contribution in [1.82, 2.24) is 5.32 Å². The smallest absolute Gasteiger partial charge is 0.243 e. The van der Waals surface area contributed by atoms with Crippen molar-refractivity contribution in [3.05, 3.63) is 48.5 Å². The van der Waals surface area contributed by atoms with Gasteiger partial charge in [-0.25, -0.2) is 0 Å². The Morgan fingerprint density at radius 1 is 0.920 bits per heavy atom. The van der Waals surface area contributed by atoms with Crippen molar-refractivity contribution in [2.24, 2.45) is 10.2 Å². The van der Waals surface area contributed by atoms with Crippen LogP contribution in [0.3, 0.4) is 0 Å². The summed E-state index contributed by atoms with van der Waals surface area (Å²) in [7, 11) is 0. The number of amides is 2. The number of carbonyl (C=O) groups is 2. The molecule has 130 valence electrons. The zero-order valence-electron chi connectivity index (χ0n) is 14.0. The predicted octanol–water partition coefficient (Wildman–Crippen LogP) is 3.54. The average molecular weight is 339 g/mol. The van der Waals surface area contributed by atoms with E-state index >= 15 is 0 Å². The molecule has 0 saturated carbocycles. The Balaban J connectivity index is 1.85. The van der Waals surface area contributed by atoms with Gasteiger partial charge in [-0.2, -0.15) is 10.2 Å². The van der Waals surface area contributed by atoms with Crippen molar-refractivity contribution < 1.29 is 9.59 Å². The van der Waals surface area contributed by atoms with E-state index in [1.165, 1.54) is 0 Å². The number of nitrogens with one attached hydrogen (secondary N) is 2. The van der Waals surface area contributed by atoms with Crippen LogP contribution < -0.4 is 16.4 Å². The highest BCUT2D eigenvalue weighted by atomic mass is 16.2. The Bertz CT molecular complexity index is 739. The lowest BCUT2D eigenvalue weighted by molar-refractivity contribution is -0.124. The van der Waals surface area contributed by atoms with Crippen molar-refractivity contribution in [1.29, 1.82) is 0 Å². The molecule has 4 N–H and O–H groups in total. The van der Waals surface area contributed by atoms with Gasteiger partial charge in [-0.15, -0.1) is 0 Å². The van der Waals surface area contributed by atoms with Gasteiger partial charge in [0.15, 0.2) is 0 Å². The van der Waals surface area contributed by atoms with Crippen LogP contribution in [-0.4, -0.2) is 18.4 Å². The molecule has 2 aromatic carbocycles. The van der Waals surface area contributed by atoms with Crippen molar-refractivity contribution in [3.8, 4) is 0 Å². The first kappa shape index (κ1) is 18.1. The van der Waals surface area contributed by atoms with Crippen LogP contribution in [0.2, 0.25) is 0 Å². The van der Waals surface area contributed by atoms with E-state index in [1.807, 2.05) is 6.92 Å². The summed E-state index contributed by atoms with van der Waals surface area (Å²) in [6, 6.07) is 14.0. The minimum absolute atomic E-state index is 0.0442. The number of hydrogen-bond acceptors (Lipinski definition) is 5. The molecule has 2 amide bonds. The second-order valence-electron chi connectivity index (χ2n) is 5.41. The van der Waals surface area contributed by atoms with Crippen LogP contribution in [0.15, 0.2) is 58.8 Å². The summed E-state index contributed by atoms with van der Waals surface area (Å²) in [5.74, 6) is -0.406. The van der Waals surface area contributed by atoms with Crippen molar-refractivity contribution >= 4 is 34.6 Å². The van der Waals surface area contributed by atoms with Crippen LogP contribution in [0.5, 0.6) is 0 Å². The highest BCUT2D eigenvalue weighted by molar-refractivity contribution is 5.94. The van der Waals surface area contributed by atoms with Gasteiger partial charge in [0.05, 0.1) is 17.9 Å². The van der Waals surface area contributed by atoms with E-state index in [0.717, 1.165) is 6.42 Å². The molecular formula is C18H21N5O2. The summed E-state index contributed by atoms with van der Waals surface area (Å²) in [4.78, 5) is 23.1. The Hall–Kier alpha value is -3.22. The predicted molar refractivity (Wildman–Crippen MR) is 98.0 cm³/mol. The fraction of sp³-hybridized carbons (Fsp3) is 0.222. The van der Waals surface area contributed by atoms with Gasteiger partial charge >= 0.3 is 0 Å². The quantitative estimate of drug-likeness (QED) is 0.530. The molecule has 0 heterocycles. The molecule has 7 heteroatoms. The van der Waals surface area contributed by atoms with Gasteiger partial charge in [0, 0.05) is 17.8 Å². The molecule has 0 aliphatic carbocycles. The Labute approximate surface area is 146 Å². The molecule has 0 aliphatic heterocycles. The van der Waals surface area contributed by atoms with E-state index < -0.39 is 0 Å². The molecule has 0 fully saturated rings. The van der Waals surface area contributed by atoms with Crippen LogP contribution in [0.25, 0.3) is 0 Å². The van der Waals surface area contributed by atoms with Gasteiger partial charge in [0.25, 0.3) is 0 Å². The number of nitrogens with two attached hydrogens (primary N) is 1. The van der Waals surface area contributed by atoms with E-state index in [1.54, 1.807) is 48.5 Å². The number of anilines is 2. The van der Waals surface area contributed by atoms with Crippen LogP contribution in [0.4, 0.5) is 22.7 Å². The van der Waals surface area contributed by atoms with Gasteiger partial charge in [-0.3, -0.25) is 9.59 Å². The summed E-state index contributed by atoms with van der Waals surface area (Å²) in [6.07, 6.45) is 1.17. The van der Waals surface area contributed by atoms with Gasteiger partial charge < -0.3 is 16.4 Å². The third kappa shape index (κ3) is 6.42. The molecule has 0 bridgehead atoms. The number of nitrogens with zero attached hydrogens (tertiary/aromatic N) is 2. The molecule has 0 radical (unpaired) electrons. The molecular weight excluding hydrogens is 318 g/mol. The van der Waals surface area contributed by atoms with Crippen molar-refractivity contribution in [3.63, 3.8) is 0 Å². The molecule has 2 rings (SSSR count). The average Bonchev–Trinajstić information content (AvgIpc) is 2.61. The lowest BCUT2D eigenvalue weighted by Crippen LogP contribution is -2.32. The van der Waals surface area contributed by atoms with Crippen LogP contribution in [0.1, 0.15) is 19.8 Å². The fourth-order valence-corrected chi connectivity index (χ4v) is 1.97. The molecule has 0 atom stereocenters. The van der Waals surface area contributed by atoms with Gasteiger partial charge in [-0.05, 0) is 55.0 Å². The maximum atomic E-state index is 11.8. The SMILES string of the molecule is CCCC(=O)NCC(=O)Nc1ccc(N=Nc2ccc(N)cc2)cc1. The third-order valence-corrected chi connectivity index (χ3v) is 3.25. The maximum absolute atomic E-state index is 11.8. The number of carbonyl (C=O) groups excluding carboxylic acids is 2. The fourth-order valence-electron chi connectivity index (χ4n) is 1.97. The van der Waals surface area contributed by atoms with Gasteiger partial charge in [-0.1, -0.05) is 6.92 Å². The van der Waals surface area contributed by atoms with E-state index in [2.05, 4.69) is 20.9 Å². The lowest BCUT2D eigenvalue weighted by Gasteiger charge is -2.06. The molecule has 0 aliphatic rings. The van der Waals surface area contributed by atoms with Gasteiger partial charge in [0.2, 0.25) is 11.8 Å². The third-order valence-electron chi connectivity index (χ3n) is 3.25. The zero-order chi connectivity index (χ0) is 18.1. The monoisotopic (exact) mass is 339 g/mol. The minimum Gasteiger partial charge on any atom is -0.399 e. The number of benzene rings is 2. The maximum Gasteiger partial charge on any atom is 0.243 e. The highest BCUT2D eigenvalue weighted by Gasteiger charge is 2.05. The Kier molecular flexibility index (Phi) is 6.65. The minimum atomic E-state index is -0.277. The second-order valence-corrected chi connectivity index (χ2v) is 5.41.